The van der Waals surface area contributed by atoms with E-state index in [2.05, 4.69) is 23.8 Å². The van der Waals surface area contributed by atoms with E-state index in [1.165, 1.54) is 32.5 Å². The lowest BCUT2D eigenvalue weighted by Crippen LogP contribution is -2.40. The number of rotatable bonds is 6. The summed E-state index contributed by atoms with van der Waals surface area (Å²) in [5.74, 6) is 0.909. The first-order valence-electron chi connectivity index (χ1n) is 8.10. The molecule has 1 heterocycles. The van der Waals surface area contributed by atoms with Gasteiger partial charge >= 0.3 is 0 Å². The van der Waals surface area contributed by atoms with E-state index in [1.54, 1.807) is 0 Å². The lowest BCUT2D eigenvalue weighted by Gasteiger charge is -2.30. The zero-order chi connectivity index (χ0) is 15.1. The summed E-state index contributed by atoms with van der Waals surface area (Å²) in [5.41, 5.74) is 6.45. The molecule has 1 aromatic carbocycles. The van der Waals surface area contributed by atoms with Crippen molar-refractivity contribution < 1.29 is 4.74 Å². The van der Waals surface area contributed by atoms with E-state index >= 15 is 0 Å². The van der Waals surface area contributed by atoms with E-state index in [1.807, 2.05) is 24.3 Å². The van der Waals surface area contributed by atoms with Crippen LogP contribution in [0.5, 0.6) is 5.75 Å². The van der Waals surface area contributed by atoms with Crippen LogP contribution in [0.1, 0.15) is 26.2 Å². The number of hydrogen-bond acceptors (Lipinski definition) is 4. The zero-order valence-electron chi connectivity index (χ0n) is 13.4. The molecule has 1 saturated heterocycles. The van der Waals surface area contributed by atoms with E-state index in [0.717, 1.165) is 31.0 Å². The van der Waals surface area contributed by atoms with Crippen molar-refractivity contribution in [3.05, 3.63) is 24.3 Å². The molecule has 21 heavy (non-hydrogen) atoms. The number of nitrogens with two attached hydrogens (primary N) is 1. The molecular weight excluding hydrogens is 262 g/mol. The van der Waals surface area contributed by atoms with Gasteiger partial charge in [0.05, 0.1) is 6.61 Å². The zero-order valence-corrected chi connectivity index (χ0v) is 13.4. The fourth-order valence-electron chi connectivity index (χ4n) is 3.00. The highest BCUT2D eigenvalue weighted by atomic mass is 16.5. The van der Waals surface area contributed by atoms with Gasteiger partial charge in [0.2, 0.25) is 0 Å². The van der Waals surface area contributed by atoms with Gasteiger partial charge in [-0.05, 0) is 63.7 Å². The average Bonchev–Trinajstić information content (AvgIpc) is 2.66. The Kier molecular flexibility index (Phi) is 6.33. The number of ether oxygens (including phenoxy) is 1. The van der Waals surface area contributed by atoms with Gasteiger partial charge in [-0.2, -0.15) is 0 Å². The lowest BCUT2D eigenvalue weighted by atomic mass is 10.2. The Morgan fingerprint density at radius 3 is 2.71 bits per heavy atom. The van der Waals surface area contributed by atoms with E-state index in [4.69, 9.17) is 10.5 Å². The molecule has 2 rings (SSSR count). The van der Waals surface area contributed by atoms with E-state index in [9.17, 15) is 0 Å². The Morgan fingerprint density at radius 1 is 1.24 bits per heavy atom. The molecule has 0 aromatic heterocycles. The fraction of sp³-hybridized carbons (Fsp3) is 0.647. The highest BCUT2D eigenvalue weighted by Gasteiger charge is 2.21. The molecule has 0 radical (unpaired) electrons. The van der Waals surface area contributed by atoms with Crippen LogP contribution in [0.15, 0.2) is 24.3 Å². The Balaban J connectivity index is 1.72. The van der Waals surface area contributed by atoms with Crippen molar-refractivity contribution in [3.8, 4) is 5.75 Å². The average molecular weight is 291 g/mol. The quantitative estimate of drug-likeness (QED) is 0.646. The van der Waals surface area contributed by atoms with Crippen LogP contribution >= 0.6 is 0 Å². The first-order valence-corrected chi connectivity index (χ1v) is 8.10. The van der Waals surface area contributed by atoms with E-state index in [-0.39, 0.29) is 0 Å². The normalized spacial score (nSPS) is 21.1. The van der Waals surface area contributed by atoms with Gasteiger partial charge < -0.3 is 15.4 Å². The topological polar surface area (TPSA) is 41.7 Å². The van der Waals surface area contributed by atoms with Crippen LogP contribution < -0.4 is 10.5 Å². The van der Waals surface area contributed by atoms with Gasteiger partial charge in [0.1, 0.15) is 5.75 Å². The van der Waals surface area contributed by atoms with Gasteiger partial charge in [-0.25, -0.2) is 0 Å². The predicted molar refractivity (Wildman–Crippen MR) is 88.7 cm³/mol. The van der Waals surface area contributed by atoms with Crippen molar-refractivity contribution >= 4 is 5.69 Å². The van der Waals surface area contributed by atoms with Crippen molar-refractivity contribution in [2.45, 2.75) is 32.2 Å². The van der Waals surface area contributed by atoms with Crippen LogP contribution in [0.2, 0.25) is 0 Å². The summed E-state index contributed by atoms with van der Waals surface area (Å²) in [6.07, 6.45) is 3.57. The minimum Gasteiger partial charge on any atom is -0.494 e. The first kappa shape index (κ1) is 16.1. The molecule has 1 aliphatic heterocycles. The molecule has 0 amide bonds. The summed E-state index contributed by atoms with van der Waals surface area (Å²) in [6, 6.07) is 8.32. The standard InChI is InChI=1S/C17H29N3O/c1-3-16-14-19(2)10-4-11-20(16)12-5-13-21-17-8-6-15(18)7-9-17/h6-9,16H,3-5,10-14,18H2,1-2H3. The third-order valence-corrected chi connectivity index (χ3v) is 4.23. The Morgan fingerprint density at radius 2 is 2.00 bits per heavy atom. The molecule has 1 fully saturated rings. The fourth-order valence-corrected chi connectivity index (χ4v) is 3.00. The van der Waals surface area contributed by atoms with E-state index in [0.29, 0.717) is 6.04 Å². The second-order valence-corrected chi connectivity index (χ2v) is 5.98. The van der Waals surface area contributed by atoms with Crippen LogP contribution in [0.25, 0.3) is 0 Å². The second kappa shape index (κ2) is 8.25. The SMILES string of the molecule is CCC1CN(C)CCCN1CCCOc1ccc(N)cc1. The maximum atomic E-state index is 5.78. The number of nitrogens with zero attached hydrogens (tertiary/aromatic N) is 2. The monoisotopic (exact) mass is 291 g/mol. The predicted octanol–water partition coefficient (Wildman–Crippen LogP) is 2.45. The van der Waals surface area contributed by atoms with Gasteiger partial charge in [0.25, 0.3) is 0 Å². The molecule has 2 N–H and O–H groups in total. The van der Waals surface area contributed by atoms with Crippen LogP contribution in [-0.2, 0) is 0 Å². The molecule has 0 saturated carbocycles. The van der Waals surface area contributed by atoms with E-state index < -0.39 is 0 Å². The van der Waals surface area contributed by atoms with Gasteiger partial charge in [0, 0.05) is 24.8 Å². The smallest absolute Gasteiger partial charge is 0.119 e. The molecular formula is C17H29N3O. The maximum Gasteiger partial charge on any atom is 0.119 e. The van der Waals surface area contributed by atoms with Crippen LogP contribution in [0.4, 0.5) is 5.69 Å². The highest BCUT2D eigenvalue weighted by Crippen LogP contribution is 2.15. The summed E-state index contributed by atoms with van der Waals surface area (Å²) in [5, 5.41) is 0. The Hall–Kier alpha value is -1.26. The van der Waals surface area contributed by atoms with Crippen molar-refractivity contribution in [3.63, 3.8) is 0 Å². The summed E-state index contributed by atoms with van der Waals surface area (Å²) < 4.78 is 5.78. The molecule has 1 atom stereocenters. The Bertz CT molecular complexity index is 407. The summed E-state index contributed by atoms with van der Waals surface area (Å²) in [4.78, 5) is 5.09. The third-order valence-electron chi connectivity index (χ3n) is 4.23. The lowest BCUT2D eigenvalue weighted by molar-refractivity contribution is 0.169. The molecule has 4 heteroatoms. The molecule has 1 aromatic rings. The minimum atomic E-state index is 0.689. The highest BCUT2D eigenvalue weighted by molar-refractivity contribution is 5.41. The number of anilines is 1. The summed E-state index contributed by atoms with van der Waals surface area (Å²) >= 11 is 0. The second-order valence-electron chi connectivity index (χ2n) is 5.98. The van der Waals surface area contributed by atoms with Gasteiger partial charge in [-0.15, -0.1) is 0 Å². The minimum absolute atomic E-state index is 0.689. The molecule has 4 nitrogen and oxygen atoms in total. The molecule has 1 aliphatic rings. The molecule has 1 unspecified atom stereocenters. The van der Waals surface area contributed by atoms with Gasteiger partial charge in [0.15, 0.2) is 0 Å². The first-order chi connectivity index (χ1) is 10.2. The molecule has 0 aliphatic carbocycles. The van der Waals surface area contributed by atoms with Crippen LogP contribution in [-0.4, -0.2) is 55.7 Å². The number of likely N-dealkylation sites (N-methyl/N-ethyl adjacent to an activating group) is 1. The summed E-state index contributed by atoms with van der Waals surface area (Å²) in [6.45, 7) is 7.81. The van der Waals surface area contributed by atoms with Crippen molar-refractivity contribution in [2.24, 2.45) is 0 Å². The Labute approximate surface area is 128 Å². The third kappa shape index (κ3) is 5.21. The molecule has 118 valence electrons. The number of benzene rings is 1. The number of nitrogen functional groups attached to an aromatic ring is 1. The van der Waals surface area contributed by atoms with Gasteiger partial charge in [-0.1, -0.05) is 6.92 Å². The number of hydrogen-bond donors (Lipinski definition) is 1. The summed E-state index contributed by atoms with van der Waals surface area (Å²) in [7, 11) is 2.23. The molecule has 0 bridgehead atoms. The van der Waals surface area contributed by atoms with Crippen LogP contribution in [0.3, 0.4) is 0 Å². The largest absolute Gasteiger partial charge is 0.494 e. The van der Waals surface area contributed by atoms with Gasteiger partial charge in [-0.3, -0.25) is 4.90 Å². The maximum absolute atomic E-state index is 5.78. The molecule has 0 spiro atoms. The van der Waals surface area contributed by atoms with Crippen LogP contribution in [0, 0.1) is 0 Å². The van der Waals surface area contributed by atoms with Crippen molar-refractivity contribution in [2.75, 3.05) is 45.6 Å². The van der Waals surface area contributed by atoms with Crippen molar-refractivity contribution in [1.82, 2.24) is 9.80 Å². The van der Waals surface area contributed by atoms with Crippen molar-refractivity contribution in [1.29, 1.82) is 0 Å².